The van der Waals surface area contributed by atoms with Crippen LogP contribution in [0.1, 0.15) is 52.4 Å². The Bertz CT molecular complexity index is 1270. The highest BCUT2D eigenvalue weighted by molar-refractivity contribution is 5.96. The van der Waals surface area contributed by atoms with Gasteiger partial charge in [0, 0.05) is 11.8 Å². The number of aryl methyl sites for hydroxylation is 2. The molecule has 0 amide bonds. The van der Waals surface area contributed by atoms with E-state index in [1.807, 2.05) is 6.92 Å². The van der Waals surface area contributed by atoms with Crippen molar-refractivity contribution >= 4 is 5.97 Å². The summed E-state index contributed by atoms with van der Waals surface area (Å²) in [7, 11) is 0. The number of aromatic nitrogens is 1. The summed E-state index contributed by atoms with van der Waals surface area (Å²) < 4.78 is 46.1. The molecule has 0 atom stereocenters. The maximum Gasteiger partial charge on any atom is 0.338 e. The van der Waals surface area contributed by atoms with Gasteiger partial charge >= 0.3 is 5.97 Å². The third kappa shape index (κ3) is 5.20. The quantitative estimate of drug-likeness (QED) is 0.307. The Morgan fingerprint density at radius 3 is 2.56 bits per heavy atom. The lowest BCUT2D eigenvalue weighted by Crippen LogP contribution is -2.07. The Balaban J connectivity index is 1.68. The van der Waals surface area contributed by atoms with E-state index in [1.165, 1.54) is 19.2 Å². The van der Waals surface area contributed by atoms with E-state index in [2.05, 4.69) is 11.1 Å². The van der Waals surface area contributed by atoms with Crippen LogP contribution in [-0.2, 0) is 12.8 Å². The van der Waals surface area contributed by atoms with Crippen molar-refractivity contribution in [3.63, 3.8) is 0 Å². The molecule has 0 saturated carbocycles. The zero-order valence-corrected chi connectivity index (χ0v) is 18.8. The normalized spacial score (nSPS) is 10.7. The molecule has 34 heavy (non-hydrogen) atoms. The number of nitriles is 1. The Hall–Kier alpha value is -3.86. The average Bonchev–Trinajstić information content (AvgIpc) is 2.84. The number of benzene rings is 2. The fourth-order valence-corrected chi connectivity index (χ4v) is 3.74. The van der Waals surface area contributed by atoms with Crippen molar-refractivity contribution in [3.8, 4) is 23.1 Å². The number of unbranched alkanes of at least 4 members (excludes halogenated alkanes) is 1. The van der Waals surface area contributed by atoms with Gasteiger partial charge in [-0.1, -0.05) is 6.92 Å². The molecular formula is C26H23F3N2O3. The number of carboxylic acid groups (broad SMARTS) is 1. The second-order valence-electron chi connectivity index (χ2n) is 7.75. The van der Waals surface area contributed by atoms with Crippen LogP contribution in [0.4, 0.5) is 13.2 Å². The lowest BCUT2D eigenvalue weighted by atomic mass is 9.98. The van der Waals surface area contributed by atoms with Crippen molar-refractivity contribution in [2.75, 3.05) is 6.61 Å². The first-order valence-electron chi connectivity index (χ1n) is 10.8. The lowest BCUT2D eigenvalue weighted by molar-refractivity contribution is 0.0696. The van der Waals surface area contributed by atoms with E-state index in [9.17, 15) is 28.3 Å². The molecule has 3 aromatic rings. The van der Waals surface area contributed by atoms with Gasteiger partial charge in [-0.3, -0.25) is 4.98 Å². The van der Waals surface area contributed by atoms with Crippen molar-refractivity contribution < 1.29 is 27.8 Å². The van der Waals surface area contributed by atoms with Crippen molar-refractivity contribution in [1.82, 2.24) is 4.98 Å². The van der Waals surface area contributed by atoms with Crippen LogP contribution >= 0.6 is 0 Å². The summed E-state index contributed by atoms with van der Waals surface area (Å²) in [4.78, 5) is 16.0. The number of halogens is 3. The van der Waals surface area contributed by atoms with Crippen LogP contribution in [-0.4, -0.2) is 22.7 Å². The molecule has 0 saturated heterocycles. The second-order valence-corrected chi connectivity index (χ2v) is 7.75. The highest BCUT2D eigenvalue weighted by Crippen LogP contribution is 2.29. The highest BCUT2D eigenvalue weighted by Gasteiger charge is 2.19. The molecule has 1 N–H and O–H groups in total. The van der Waals surface area contributed by atoms with E-state index in [4.69, 9.17) is 4.74 Å². The molecule has 176 valence electrons. The number of hydrogen-bond acceptors (Lipinski definition) is 4. The zero-order valence-electron chi connectivity index (χ0n) is 18.8. The van der Waals surface area contributed by atoms with Crippen LogP contribution in [0.15, 0.2) is 36.5 Å². The molecule has 0 radical (unpaired) electrons. The summed E-state index contributed by atoms with van der Waals surface area (Å²) in [5, 5.41) is 19.2. The van der Waals surface area contributed by atoms with Gasteiger partial charge in [0.05, 0.1) is 23.4 Å². The third-order valence-electron chi connectivity index (χ3n) is 5.62. The Morgan fingerprint density at radius 2 is 1.88 bits per heavy atom. The molecule has 1 aromatic heterocycles. The maximum absolute atomic E-state index is 13.7. The summed E-state index contributed by atoms with van der Waals surface area (Å²) >= 11 is 0. The van der Waals surface area contributed by atoms with Crippen LogP contribution < -0.4 is 4.74 Å². The van der Waals surface area contributed by atoms with E-state index in [0.717, 1.165) is 6.07 Å². The first kappa shape index (κ1) is 24.8. The van der Waals surface area contributed by atoms with Crippen LogP contribution in [0.5, 0.6) is 5.75 Å². The summed E-state index contributed by atoms with van der Waals surface area (Å²) in [6, 6.07) is 9.50. The lowest BCUT2D eigenvalue weighted by Gasteiger charge is -2.12. The summed E-state index contributed by atoms with van der Waals surface area (Å²) in [5.41, 5.74) is 2.24. The van der Waals surface area contributed by atoms with Crippen molar-refractivity contribution in [2.45, 2.75) is 39.5 Å². The van der Waals surface area contributed by atoms with Crippen molar-refractivity contribution in [2.24, 2.45) is 0 Å². The first-order chi connectivity index (χ1) is 16.3. The number of carboxylic acids is 1. The van der Waals surface area contributed by atoms with Gasteiger partial charge in [-0.05, 0) is 79.6 Å². The van der Waals surface area contributed by atoms with Gasteiger partial charge in [0.1, 0.15) is 11.8 Å². The van der Waals surface area contributed by atoms with Crippen molar-refractivity contribution in [1.29, 1.82) is 5.26 Å². The molecule has 8 heteroatoms. The zero-order chi connectivity index (χ0) is 24.8. The van der Waals surface area contributed by atoms with Crippen LogP contribution in [0.25, 0.3) is 11.3 Å². The predicted molar refractivity (Wildman–Crippen MR) is 120 cm³/mol. The molecule has 0 fully saturated rings. The second kappa shape index (κ2) is 10.8. The molecule has 2 aromatic carbocycles. The molecule has 1 heterocycles. The van der Waals surface area contributed by atoms with E-state index in [-0.39, 0.29) is 29.0 Å². The highest BCUT2D eigenvalue weighted by atomic mass is 19.2. The van der Waals surface area contributed by atoms with E-state index < -0.39 is 23.4 Å². The number of rotatable bonds is 9. The van der Waals surface area contributed by atoms with E-state index in [1.54, 1.807) is 18.2 Å². The third-order valence-corrected chi connectivity index (χ3v) is 5.62. The minimum Gasteiger partial charge on any atom is -0.492 e. The molecule has 0 aliphatic rings. The summed E-state index contributed by atoms with van der Waals surface area (Å²) in [6.07, 6.45) is 3.50. The Morgan fingerprint density at radius 1 is 1.12 bits per heavy atom. The SMILES string of the molecule is CCc1ccnc(-c2ccc(OCCCCc3cc(F)c(F)c(F)c3C)c(C#N)c2)c1C(=O)O. The fraction of sp³-hybridized carbons (Fsp3) is 0.269. The molecular weight excluding hydrogens is 445 g/mol. The van der Waals surface area contributed by atoms with E-state index >= 15 is 0 Å². The topological polar surface area (TPSA) is 83.2 Å². The van der Waals surface area contributed by atoms with Crippen LogP contribution in [0, 0.1) is 35.7 Å². The van der Waals surface area contributed by atoms with Crippen molar-refractivity contribution in [3.05, 3.63) is 81.8 Å². The molecule has 0 aliphatic carbocycles. The van der Waals surface area contributed by atoms with Gasteiger partial charge < -0.3 is 9.84 Å². The minimum atomic E-state index is -1.47. The molecule has 3 rings (SSSR count). The standard InChI is InChI=1S/C26H23F3N2O3/c1-3-16-9-10-31-25(22(16)26(32)33)18-7-8-21(19(12-18)14-30)34-11-5-4-6-17-13-20(27)24(29)23(28)15(17)2/h7-10,12-13H,3-6,11H2,1-2H3,(H,32,33). The molecule has 0 bridgehead atoms. The number of pyridine rings is 1. The molecule has 5 nitrogen and oxygen atoms in total. The fourth-order valence-electron chi connectivity index (χ4n) is 3.74. The van der Waals surface area contributed by atoms with Gasteiger partial charge in [-0.25, -0.2) is 18.0 Å². The number of ether oxygens (including phenoxy) is 1. The molecule has 0 unspecified atom stereocenters. The van der Waals surface area contributed by atoms with Gasteiger partial charge in [-0.15, -0.1) is 0 Å². The van der Waals surface area contributed by atoms with E-state index in [0.29, 0.717) is 48.1 Å². The molecule has 0 aliphatic heterocycles. The number of aromatic carboxylic acids is 1. The number of hydrogen-bond donors (Lipinski definition) is 1. The summed E-state index contributed by atoms with van der Waals surface area (Å²) in [6.45, 7) is 3.52. The average molecular weight is 468 g/mol. The smallest absolute Gasteiger partial charge is 0.338 e. The predicted octanol–water partition coefficient (Wildman–Crippen LogP) is 6.01. The number of carbonyl (C=O) groups is 1. The maximum atomic E-state index is 13.7. The van der Waals surface area contributed by atoms with Gasteiger partial charge in [0.25, 0.3) is 0 Å². The first-order valence-corrected chi connectivity index (χ1v) is 10.8. The van der Waals surface area contributed by atoms with Gasteiger partial charge in [0.15, 0.2) is 17.5 Å². The monoisotopic (exact) mass is 468 g/mol. The molecule has 0 spiro atoms. The minimum absolute atomic E-state index is 0.0867. The Labute approximate surface area is 195 Å². The summed E-state index contributed by atoms with van der Waals surface area (Å²) in [5.74, 6) is -4.60. The van der Waals surface area contributed by atoms with Crippen LogP contribution in [0.3, 0.4) is 0 Å². The number of nitrogens with zero attached hydrogens (tertiary/aromatic N) is 2. The van der Waals surface area contributed by atoms with Crippen LogP contribution in [0.2, 0.25) is 0 Å². The Kier molecular flexibility index (Phi) is 7.90. The van der Waals surface area contributed by atoms with Gasteiger partial charge in [-0.2, -0.15) is 5.26 Å². The largest absolute Gasteiger partial charge is 0.492 e. The van der Waals surface area contributed by atoms with Gasteiger partial charge in [0.2, 0.25) is 0 Å².